The molecule has 0 aromatic heterocycles. The molecule has 0 aliphatic rings. The second-order valence-corrected chi connectivity index (χ2v) is 3.18. The molecule has 0 aliphatic carbocycles. The third kappa shape index (κ3) is 3.45. The molecular weight excluding hydrogens is 130 g/mol. The Morgan fingerprint density at radius 3 is 2.30 bits per heavy atom. The molecule has 3 nitrogen and oxygen atoms in total. The van der Waals surface area contributed by atoms with E-state index in [2.05, 4.69) is 5.32 Å². The van der Waals surface area contributed by atoms with Gasteiger partial charge in [0, 0.05) is 0 Å². The summed E-state index contributed by atoms with van der Waals surface area (Å²) in [5.41, 5.74) is -0.392. The highest BCUT2D eigenvalue weighted by Gasteiger charge is 2.22. The van der Waals surface area contributed by atoms with Crippen molar-refractivity contribution in [3.05, 3.63) is 0 Å². The van der Waals surface area contributed by atoms with Gasteiger partial charge in [-0.15, -0.1) is 0 Å². The number of hydrogen-bond acceptors (Lipinski definition) is 3. The molecule has 0 saturated heterocycles. The van der Waals surface area contributed by atoms with E-state index in [9.17, 15) is 4.79 Å². The van der Waals surface area contributed by atoms with Gasteiger partial charge in [0.1, 0.15) is 6.73 Å². The molecule has 0 rings (SSSR count). The van der Waals surface area contributed by atoms with Crippen LogP contribution in [-0.4, -0.2) is 19.7 Å². The average Bonchev–Trinajstić information content (AvgIpc) is 1.80. The number of rotatable bonds is 2. The molecule has 10 heavy (non-hydrogen) atoms. The molecule has 0 aliphatic heterocycles. The Hall–Kier alpha value is -0.570. The lowest BCUT2D eigenvalue weighted by atomic mass is 9.98. The van der Waals surface area contributed by atoms with E-state index < -0.39 is 5.41 Å². The van der Waals surface area contributed by atoms with Gasteiger partial charge < -0.3 is 4.74 Å². The fourth-order valence-corrected chi connectivity index (χ4v) is 0.354. The van der Waals surface area contributed by atoms with Crippen molar-refractivity contribution in [2.45, 2.75) is 20.8 Å². The Labute approximate surface area is 61.8 Å². The second kappa shape index (κ2) is 3.56. The lowest BCUT2D eigenvalue weighted by molar-refractivity contribution is -0.153. The third-order valence-corrected chi connectivity index (χ3v) is 0.960. The van der Waals surface area contributed by atoms with Gasteiger partial charge in [-0.1, -0.05) is 0 Å². The summed E-state index contributed by atoms with van der Waals surface area (Å²) < 4.78 is 4.81. The van der Waals surface area contributed by atoms with E-state index in [1.54, 1.807) is 7.05 Å². The maximum absolute atomic E-state index is 11.0. The van der Waals surface area contributed by atoms with Crippen LogP contribution in [0.4, 0.5) is 0 Å². The summed E-state index contributed by atoms with van der Waals surface area (Å²) in [4.78, 5) is 11.0. The minimum atomic E-state index is -0.392. The zero-order chi connectivity index (χ0) is 8.20. The number of carbonyl (C=O) groups is 1. The molecule has 1 N–H and O–H groups in total. The highest BCUT2D eigenvalue weighted by molar-refractivity contribution is 5.75. The van der Waals surface area contributed by atoms with Crippen LogP contribution >= 0.6 is 0 Å². The summed E-state index contributed by atoms with van der Waals surface area (Å²) in [5.74, 6) is -0.179. The first-order valence-electron chi connectivity index (χ1n) is 3.30. The fraction of sp³-hybridized carbons (Fsp3) is 0.857. The number of nitrogens with one attached hydrogen (secondary N) is 1. The molecule has 0 aromatic rings. The van der Waals surface area contributed by atoms with Gasteiger partial charge >= 0.3 is 5.97 Å². The van der Waals surface area contributed by atoms with Crippen molar-refractivity contribution in [3.8, 4) is 0 Å². The standard InChI is InChI=1S/C7H15NO2/c1-7(2,3)6(9)10-5-8-4/h8H,5H2,1-4H3. The first-order valence-corrected chi connectivity index (χ1v) is 3.30. The molecule has 0 saturated carbocycles. The van der Waals surface area contributed by atoms with Gasteiger partial charge in [0.25, 0.3) is 0 Å². The molecule has 0 fully saturated rings. The van der Waals surface area contributed by atoms with Gasteiger partial charge in [0.15, 0.2) is 0 Å². The monoisotopic (exact) mass is 145 g/mol. The van der Waals surface area contributed by atoms with Crippen LogP contribution in [0.3, 0.4) is 0 Å². The van der Waals surface area contributed by atoms with Crippen LogP contribution in [0, 0.1) is 5.41 Å². The van der Waals surface area contributed by atoms with E-state index in [0.29, 0.717) is 0 Å². The van der Waals surface area contributed by atoms with Crippen LogP contribution in [0.5, 0.6) is 0 Å². The van der Waals surface area contributed by atoms with Crippen molar-refractivity contribution in [2.75, 3.05) is 13.8 Å². The lowest BCUT2D eigenvalue weighted by Crippen LogP contribution is -2.26. The van der Waals surface area contributed by atoms with Crippen molar-refractivity contribution < 1.29 is 9.53 Å². The second-order valence-electron chi connectivity index (χ2n) is 3.18. The smallest absolute Gasteiger partial charge is 0.312 e. The zero-order valence-corrected chi connectivity index (χ0v) is 7.02. The maximum atomic E-state index is 11.0. The normalized spacial score (nSPS) is 11.2. The largest absolute Gasteiger partial charge is 0.449 e. The molecule has 0 unspecified atom stereocenters. The van der Waals surface area contributed by atoms with Gasteiger partial charge in [0.05, 0.1) is 5.41 Å². The number of ether oxygens (including phenoxy) is 1. The van der Waals surface area contributed by atoms with Crippen LogP contribution in [0.2, 0.25) is 0 Å². The molecular formula is C7H15NO2. The van der Waals surface area contributed by atoms with Crippen LogP contribution in [0.25, 0.3) is 0 Å². The molecule has 0 atom stereocenters. The van der Waals surface area contributed by atoms with Crippen molar-refractivity contribution in [3.63, 3.8) is 0 Å². The zero-order valence-electron chi connectivity index (χ0n) is 7.02. The van der Waals surface area contributed by atoms with E-state index in [4.69, 9.17) is 4.74 Å². The summed E-state index contributed by atoms with van der Waals surface area (Å²) in [6.07, 6.45) is 0. The van der Waals surface area contributed by atoms with Gasteiger partial charge in [-0.25, -0.2) is 0 Å². The van der Waals surface area contributed by atoms with Crippen molar-refractivity contribution in [1.82, 2.24) is 5.32 Å². The van der Waals surface area contributed by atoms with E-state index in [-0.39, 0.29) is 12.7 Å². The predicted molar refractivity (Wildman–Crippen MR) is 39.5 cm³/mol. The summed E-state index contributed by atoms with van der Waals surface area (Å²) >= 11 is 0. The molecule has 0 aromatic carbocycles. The SMILES string of the molecule is CNCOC(=O)C(C)(C)C. The Morgan fingerprint density at radius 2 is 2.00 bits per heavy atom. The quantitative estimate of drug-likeness (QED) is 0.460. The van der Waals surface area contributed by atoms with E-state index in [1.807, 2.05) is 20.8 Å². The summed E-state index contributed by atoms with van der Waals surface area (Å²) in [6.45, 7) is 5.76. The summed E-state index contributed by atoms with van der Waals surface area (Å²) in [5, 5.41) is 2.73. The lowest BCUT2D eigenvalue weighted by Gasteiger charge is -2.15. The first-order chi connectivity index (χ1) is 4.48. The number of esters is 1. The Morgan fingerprint density at radius 1 is 1.50 bits per heavy atom. The molecule has 0 amide bonds. The molecule has 60 valence electrons. The average molecular weight is 145 g/mol. The first kappa shape index (κ1) is 9.43. The molecule has 0 spiro atoms. The van der Waals surface area contributed by atoms with Crippen LogP contribution in [0.1, 0.15) is 20.8 Å². The molecule has 0 bridgehead atoms. The molecule has 0 heterocycles. The van der Waals surface area contributed by atoms with E-state index in [1.165, 1.54) is 0 Å². The molecule has 0 radical (unpaired) electrons. The number of hydrogen-bond donors (Lipinski definition) is 1. The van der Waals surface area contributed by atoms with Crippen LogP contribution < -0.4 is 5.32 Å². The van der Waals surface area contributed by atoms with Crippen molar-refractivity contribution in [2.24, 2.45) is 5.41 Å². The highest BCUT2D eigenvalue weighted by atomic mass is 16.5. The fourth-order valence-electron chi connectivity index (χ4n) is 0.354. The topological polar surface area (TPSA) is 38.3 Å². The highest BCUT2D eigenvalue weighted by Crippen LogP contribution is 2.14. The summed E-state index contributed by atoms with van der Waals surface area (Å²) in [6, 6.07) is 0. The number of carbonyl (C=O) groups excluding carboxylic acids is 1. The minimum absolute atomic E-state index is 0.179. The van der Waals surface area contributed by atoms with Crippen LogP contribution in [-0.2, 0) is 9.53 Å². The summed E-state index contributed by atoms with van der Waals surface area (Å²) in [7, 11) is 1.73. The maximum Gasteiger partial charge on any atom is 0.312 e. The van der Waals surface area contributed by atoms with Gasteiger partial charge in [-0.2, -0.15) is 0 Å². The van der Waals surface area contributed by atoms with Crippen LogP contribution in [0.15, 0.2) is 0 Å². The van der Waals surface area contributed by atoms with Crippen molar-refractivity contribution >= 4 is 5.97 Å². The van der Waals surface area contributed by atoms with Gasteiger partial charge in [-0.05, 0) is 27.8 Å². The predicted octanol–water partition coefficient (Wildman–Crippen LogP) is 0.753. The van der Waals surface area contributed by atoms with Gasteiger partial charge in [0.2, 0.25) is 0 Å². The third-order valence-electron chi connectivity index (χ3n) is 0.960. The van der Waals surface area contributed by atoms with Gasteiger partial charge in [-0.3, -0.25) is 10.1 Å². The van der Waals surface area contributed by atoms with E-state index >= 15 is 0 Å². The minimum Gasteiger partial charge on any atom is -0.449 e. The molecule has 3 heteroatoms. The van der Waals surface area contributed by atoms with Crippen molar-refractivity contribution in [1.29, 1.82) is 0 Å². The van der Waals surface area contributed by atoms with E-state index in [0.717, 1.165) is 0 Å². The Bertz CT molecular complexity index is 115. The Balaban J connectivity index is 3.64. The Kier molecular flexibility index (Phi) is 3.36.